The van der Waals surface area contributed by atoms with Crippen molar-refractivity contribution in [2.75, 3.05) is 6.54 Å². The lowest BCUT2D eigenvalue weighted by Crippen LogP contribution is -2.31. The quantitative estimate of drug-likeness (QED) is 0.620. The molecular weight excluding hydrogens is 396 g/mol. The molecule has 0 bridgehead atoms. The van der Waals surface area contributed by atoms with E-state index in [1.54, 1.807) is 12.1 Å². The maximum Gasteiger partial charge on any atom is 0.248 e. The maximum absolute atomic E-state index is 11.4. The van der Waals surface area contributed by atoms with E-state index in [0.29, 0.717) is 5.56 Å². The number of carbonyl (C=O) groups is 1. The van der Waals surface area contributed by atoms with Gasteiger partial charge in [-0.05, 0) is 54.8 Å². The number of carbonyl (C=O) groups excluding carboxylic acids is 1. The highest BCUT2D eigenvalue weighted by atomic mass is 16.5. The Bertz CT molecular complexity index is 1270. The molecule has 0 aliphatic carbocycles. The van der Waals surface area contributed by atoms with Crippen molar-refractivity contribution in [1.29, 1.82) is 0 Å². The van der Waals surface area contributed by atoms with Gasteiger partial charge in [-0.1, -0.05) is 50.2 Å². The summed E-state index contributed by atoms with van der Waals surface area (Å²) >= 11 is 0. The lowest BCUT2D eigenvalue weighted by molar-refractivity contribution is 0.1000. The van der Waals surface area contributed by atoms with Crippen LogP contribution < -0.4 is 10.5 Å². The summed E-state index contributed by atoms with van der Waals surface area (Å²) in [6, 6.07) is 20.2. The van der Waals surface area contributed by atoms with E-state index in [1.807, 2.05) is 12.1 Å². The topological polar surface area (TPSA) is 64.7 Å². The Kier molecular flexibility index (Phi) is 4.52. The summed E-state index contributed by atoms with van der Waals surface area (Å²) in [5.74, 6) is 0.553. The fourth-order valence-electron chi connectivity index (χ4n) is 4.84. The van der Waals surface area contributed by atoms with Gasteiger partial charge in [0.05, 0.1) is 5.71 Å². The van der Waals surface area contributed by atoms with Crippen LogP contribution >= 0.6 is 0 Å². The lowest BCUT2D eigenvalue weighted by Gasteiger charge is -2.32. The van der Waals surface area contributed by atoms with E-state index in [2.05, 4.69) is 64.1 Å². The van der Waals surface area contributed by atoms with Crippen LogP contribution in [-0.2, 0) is 11.8 Å². The van der Waals surface area contributed by atoms with Gasteiger partial charge in [-0.15, -0.1) is 0 Å². The number of hydrogen-bond acceptors (Lipinski definition) is 3. The van der Waals surface area contributed by atoms with Gasteiger partial charge in [-0.3, -0.25) is 9.79 Å². The molecule has 0 radical (unpaired) electrons. The molecule has 0 atom stereocenters. The van der Waals surface area contributed by atoms with Crippen LogP contribution in [0.5, 0.6) is 5.75 Å². The van der Waals surface area contributed by atoms with Crippen LogP contribution in [0, 0.1) is 0 Å². The molecule has 5 rings (SSSR count). The van der Waals surface area contributed by atoms with Crippen LogP contribution in [-0.4, -0.2) is 23.8 Å². The largest absolute Gasteiger partial charge is 0.487 e. The predicted molar refractivity (Wildman–Crippen MR) is 129 cm³/mol. The summed E-state index contributed by atoms with van der Waals surface area (Å²) < 4.78 is 6.24. The molecule has 2 aliphatic heterocycles. The van der Waals surface area contributed by atoms with Gasteiger partial charge in [0.15, 0.2) is 0 Å². The number of ether oxygens (including phenoxy) is 1. The Morgan fingerprint density at radius 3 is 2.38 bits per heavy atom. The average Bonchev–Trinajstić information content (AvgIpc) is 3.08. The van der Waals surface area contributed by atoms with Crippen molar-refractivity contribution in [3.63, 3.8) is 0 Å². The fourth-order valence-corrected chi connectivity index (χ4v) is 4.84. The smallest absolute Gasteiger partial charge is 0.248 e. The molecule has 4 nitrogen and oxygen atoms in total. The molecule has 0 fully saturated rings. The van der Waals surface area contributed by atoms with Crippen molar-refractivity contribution in [3.8, 4) is 16.9 Å². The third kappa shape index (κ3) is 3.40. The monoisotopic (exact) mass is 424 g/mol. The summed E-state index contributed by atoms with van der Waals surface area (Å²) in [6.45, 7) is 9.54. The molecule has 0 unspecified atom stereocenters. The molecule has 2 N–H and O–H groups in total. The number of primary amides is 1. The van der Waals surface area contributed by atoms with Crippen LogP contribution in [0.25, 0.3) is 11.1 Å². The van der Waals surface area contributed by atoms with Gasteiger partial charge in [-0.2, -0.15) is 0 Å². The second kappa shape index (κ2) is 7.06. The highest BCUT2D eigenvalue weighted by Crippen LogP contribution is 2.44. The molecule has 2 aliphatic rings. The van der Waals surface area contributed by atoms with E-state index in [1.165, 1.54) is 16.7 Å². The van der Waals surface area contributed by atoms with Crippen LogP contribution in [0.15, 0.2) is 65.7 Å². The molecule has 0 saturated carbocycles. The van der Waals surface area contributed by atoms with Gasteiger partial charge >= 0.3 is 0 Å². The van der Waals surface area contributed by atoms with Crippen molar-refractivity contribution < 1.29 is 9.53 Å². The highest BCUT2D eigenvalue weighted by Gasteiger charge is 2.38. The Hall–Kier alpha value is -3.40. The van der Waals surface area contributed by atoms with E-state index in [0.717, 1.165) is 41.1 Å². The minimum absolute atomic E-state index is 0.0250. The maximum atomic E-state index is 11.4. The number of rotatable bonds is 3. The van der Waals surface area contributed by atoms with Crippen LogP contribution in [0.2, 0.25) is 0 Å². The second-order valence-corrected chi connectivity index (χ2v) is 10.1. The van der Waals surface area contributed by atoms with Gasteiger partial charge in [0.1, 0.15) is 11.4 Å². The van der Waals surface area contributed by atoms with Gasteiger partial charge in [0.2, 0.25) is 5.91 Å². The summed E-state index contributed by atoms with van der Waals surface area (Å²) in [4.78, 5) is 16.5. The van der Waals surface area contributed by atoms with Gasteiger partial charge in [-0.25, -0.2) is 0 Å². The number of nitrogens with zero attached hydrogens (tertiary/aromatic N) is 1. The molecule has 3 aromatic carbocycles. The first-order valence-corrected chi connectivity index (χ1v) is 11.1. The van der Waals surface area contributed by atoms with Crippen molar-refractivity contribution in [2.24, 2.45) is 10.7 Å². The van der Waals surface area contributed by atoms with E-state index >= 15 is 0 Å². The summed E-state index contributed by atoms with van der Waals surface area (Å²) in [5.41, 5.74) is 13.7. The minimum Gasteiger partial charge on any atom is -0.487 e. The van der Waals surface area contributed by atoms with E-state index < -0.39 is 5.91 Å². The third-order valence-corrected chi connectivity index (χ3v) is 6.50. The molecule has 0 spiro atoms. The third-order valence-electron chi connectivity index (χ3n) is 6.50. The van der Waals surface area contributed by atoms with Crippen molar-refractivity contribution in [2.45, 2.75) is 45.1 Å². The van der Waals surface area contributed by atoms with Gasteiger partial charge < -0.3 is 10.5 Å². The molecule has 4 heteroatoms. The lowest BCUT2D eigenvalue weighted by atomic mass is 9.75. The van der Waals surface area contributed by atoms with Crippen LogP contribution in [0.1, 0.15) is 60.3 Å². The zero-order chi connectivity index (χ0) is 22.7. The van der Waals surface area contributed by atoms with Crippen LogP contribution in [0.3, 0.4) is 0 Å². The number of hydrogen-bond donors (Lipinski definition) is 1. The Morgan fingerprint density at radius 1 is 0.938 bits per heavy atom. The number of fused-ring (bicyclic) bond motifs is 3. The average molecular weight is 425 g/mol. The molecule has 0 saturated heterocycles. The second-order valence-electron chi connectivity index (χ2n) is 10.1. The van der Waals surface area contributed by atoms with E-state index in [4.69, 9.17) is 15.5 Å². The highest BCUT2D eigenvalue weighted by molar-refractivity contribution is 6.16. The molecule has 1 amide bonds. The van der Waals surface area contributed by atoms with Crippen LogP contribution in [0.4, 0.5) is 0 Å². The van der Waals surface area contributed by atoms with Crippen molar-refractivity contribution in [1.82, 2.24) is 0 Å². The standard InChI is InChI=1S/C28H28N2O2/c1-27(2)16-30-25(24-21-15-28(3,4)32-23(21)13-12-22(24)27)20-7-5-6-19(14-20)17-8-10-18(11-9-17)26(29)31/h5-14H,15-16H2,1-4H3,(H2,29,31). The molecule has 3 aromatic rings. The normalized spacial score (nSPS) is 17.7. The minimum atomic E-state index is -0.417. The van der Waals surface area contributed by atoms with E-state index in [9.17, 15) is 4.79 Å². The zero-order valence-corrected chi connectivity index (χ0v) is 19.0. The summed E-state index contributed by atoms with van der Waals surface area (Å²) in [6.07, 6.45) is 0.870. The van der Waals surface area contributed by atoms with Crippen molar-refractivity contribution >= 4 is 11.6 Å². The number of aliphatic imine (C=N–C) groups is 1. The Morgan fingerprint density at radius 2 is 1.66 bits per heavy atom. The molecule has 162 valence electrons. The molecular formula is C28H28N2O2. The predicted octanol–water partition coefficient (Wildman–Crippen LogP) is 5.29. The first kappa shape index (κ1) is 20.5. The van der Waals surface area contributed by atoms with E-state index in [-0.39, 0.29) is 11.0 Å². The summed E-state index contributed by atoms with van der Waals surface area (Å²) in [5, 5.41) is 0. The first-order valence-electron chi connectivity index (χ1n) is 11.1. The Balaban J connectivity index is 1.62. The van der Waals surface area contributed by atoms with Gasteiger partial charge in [0.25, 0.3) is 0 Å². The number of amides is 1. The molecule has 32 heavy (non-hydrogen) atoms. The fraction of sp³-hybridized carbons (Fsp3) is 0.286. The molecule has 2 heterocycles. The summed E-state index contributed by atoms with van der Waals surface area (Å²) in [7, 11) is 0. The van der Waals surface area contributed by atoms with Gasteiger partial charge in [0, 0.05) is 40.6 Å². The Labute approximate surface area is 189 Å². The zero-order valence-electron chi connectivity index (χ0n) is 19.0. The first-order chi connectivity index (χ1) is 15.1. The number of benzene rings is 3. The number of nitrogens with two attached hydrogens (primary N) is 1. The SMILES string of the molecule is CC1(C)Cc2c(ccc3c2C(c2cccc(-c4ccc(C(N)=O)cc4)c2)=NCC3(C)C)O1. The molecule has 0 aromatic heterocycles. The van der Waals surface area contributed by atoms with Crippen molar-refractivity contribution in [3.05, 3.63) is 88.5 Å².